The Balaban J connectivity index is 2.58. The molecule has 0 spiro atoms. The first-order chi connectivity index (χ1) is 8.48. The predicted octanol–water partition coefficient (Wildman–Crippen LogP) is 2.34. The zero-order valence-corrected chi connectivity index (χ0v) is 11.3. The summed E-state index contributed by atoms with van der Waals surface area (Å²) in [5.74, 6) is 0.333. The van der Waals surface area contributed by atoms with Gasteiger partial charge in [-0.05, 0) is 24.0 Å². The summed E-state index contributed by atoms with van der Waals surface area (Å²) in [6, 6.07) is 5.08. The van der Waals surface area contributed by atoms with Gasteiger partial charge < -0.3 is 5.32 Å². The van der Waals surface area contributed by atoms with Crippen LogP contribution in [-0.4, -0.2) is 23.3 Å². The summed E-state index contributed by atoms with van der Waals surface area (Å²) >= 11 is 5.70. The molecule has 1 N–H and O–H groups in total. The van der Waals surface area contributed by atoms with Crippen molar-refractivity contribution in [3.8, 4) is 6.07 Å². The van der Waals surface area contributed by atoms with Gasteiger partial charge in [0.15, 0.2) is 0 Å². The topological polar surface area (TPSA) is 65.8 Å². The van der Waals surface area contributed by atoms with E-state index in [9.17, 15) is 4.79 Å². The van der Waals surface area contributed by atoms with E-state index in [1.807, 2.05) is 19.9 Å². The Morgan fingerprint density at radius 3 is 2.78 bits per heavy atom. The molecular weight excluding hydrogens is 250 g/mol. The summed E-state index contributed by atoms with van der Waals surface area (Å²) in [5.41, 5.74) is 0.717. The van der Waals surface area contributed by atoms with Crippen molar-refractivity contribution in [1.82, 2.24) is 10.3 Å². The highest BCUT2D eigenvalue weighted by molar-refractivity contribution is 6.17. The molecular formula is C13H16ClN3O. The third-order valence-electron chi connectivity index (χ3n) is 2.62. The van der Waals surface area contributed by atoms with E-state index in [1.54, 1.807) is 12.1 Å². The number of carbonyl (C=O) groups is 1. The molecule has 0 fully saturated rings. The largest absolute Gasteiger partial charge is 0.350 e. The Kier molecular flexibility index (Phi) is 5.11. The number of rotatable bonds is 5. The Labute approximate surface area is 112 Å². The van der Waals surface area contributed by atoms with Gasteiger partial charge in [-0.1, -0.05) is 13.8 Å². The average molecular weight is 266 g/mol. The molecule has 0 saturated carbocycles. The fraction of sp³-hybridized carbons (Fsp3) is 0.462. The fourth-order valence-electron chi connectivity index (χ4n) is 1.35. The SMILES string of the molecule is CC(C)(CCCl)CNC(=O)c1ccc(C#N)cn1. The zero-order valence-electron chi connectivity index (χ0n) is 10.5. The van der Waals surface area contributed by atoms with Crippen LogP contribution in [0.4, 0.5) is 0 Å². The summed E-state index contributed by atoms with van der Waals surface area (Å²) < 4.78 is 0. The van der Waals surface area contributed by atoms with E-state index in [0.29, 0.717) is 23.7 Å². The molecule has 1 aromatic heterocycles. The van der Waals surface area contributed by atoms with Crippen LogP contribution in [0.2, 0.25) is 0 Å². The standard InChI is InChI=1S/C13H16ClN3O/c1-13(2,5-6-14)9-17-12(18)11-4-3-10(7-15)8-16-11/h3-4,8H,5-6,9H2,1-2H3,(H,17,18). The molecule has 0 aliphatic heterocycles. The molecule has 0 aliphatic carbocycles. The van der Waals surface area contributed by atoms with Crippen molar-refractivity contribution >= 4 is 17.5 Å². The number of aromatic nitrogens is 1. The van der Waals surface area contributed by atoms with Crippen molar-refractivity contribution in [3.05, 3.63) is 29.6 Å². The number of carbonyl (C=O) groups excluding carboxylic acids is 1. The molecule has 5 heteroatoms. The molecule has 1 amide bonds. The highest BCUT2D eigenvalue weighted by atomic mass is 35.5. The highest BCUT2D eigenvalue weighted by Gasteiger charge is 2.18. The van der Waals surface area contributed by atoms with Crippen LogP contribution in [0.5, 0.6) is 0 Å². The summed E-state index contributed by atoms with van der Waals surface area (Å²) in [6.07, 6.45) is 2.22. The number of pyridine rings is 1. The lowest BCUT2D eigenvalue weighted by Crippen LogP contribution is -2.34. The van der Waals surface area contributed by atoms with Crippen molar-refractivity contribution in [3.63, 3.8) is 0 Å². The van der Waals surface area contributed by atoms with E-state index in [4.69, 9.17) is 16.9 Å². The van der Waals surface area contributed by atoms with Crippen LogP contribution in [0.25, 0.3) is 0 Å². The van der Waals surface area contributed by atoms with E-state index in [1.165, 1.54) is 6.20 Å². The lowest BCUT2D eigenvalue weighted by atomic mass is 9.90. The molecule has 0 unspecified atom stereocenters. The summed E-state index contributed by atoms with van der Waals surface area (Å²) in [6.45, 7) is 4.63. The van der Waals surface area contributed by atoms with Gasteiger partial charge in [0.2, 0.25) is 0 Å². The maximum atomic E-state index is 11.8. The van der Waals surface area contributed by atoms with Gasteiger partial charge in [0.25, 0.3) is 5.91 Å². The van der Waals surface area contributed by atoms with Gasteiger partial charge in [0.1, 0.15) is 11.8 Å². The van der Waals surface area contributed by atoms with Gasteiger partial charge >= 0.3 is 0 Å². The second-order valence-corrected chi connectivity index (χ2v) is 5.21. The van der Waals surface area contributed by atoms with Gasteiger partial charge in [-0.3, -0.25) is 4.79 Å². The number of hydrogen-bond acceptors (Lipinski definition) is 3. The molecule has 0 aromatic carbocycles. The Bertz CT molecular complexity index is 448. The van der Waals surface area contributed by atoms with Crippen LogP contribution < -0.4 is 5.32 Å². The van der Waals surface area contributed by atoms with E-state index in [-0.39, 0.29) is 11.3 Å². The molecule has 0 aliphatic rings. The van der Waals surface area contributed by atoms with Crippen LogP contribution in [0.1, 0.15) is 36.3 Å². The average Bonchev–Trinajstić information content (AvgIpc) is 2.36. The van der Waals surface area contributed by atoms with E-state index in [2.05, 4.69) is 10.3 Å². The predicted molar refractivity (Wildman–Crippen MR) is 70.4 cm³/mol. The number of nitrogens with zero attached hydrogens (tertiary/aromatic N) is 2. The van der Waals surface area contributed by atoms with Gasteiger partial charge in [-0.15, -0.1) is 11.6 Å². The van der Waals surface area contributed by atoms with Gasteiger partial charge in [0.05, 0.1) is 5.56 Å². The smallest absolute Gasteiger partial charge is 0.269 e. The van der Waals surface area contributed by atoms with Crippen LogP contribution >= 0.6 is 11.6 Å². The maximum absolute atomic E-state index is 11.8. The minimum atomic E-state index is -0.234. The number of nitrogens with one attached hydrogen (secondary N) is 1. The first-order valence-corrected chi connectivity index (χ1v) is 6.22. The van der Waals surface area contributed by atoms with Crippen LogP contribution in [-0.2, 0) is 0 Å². The van der Waals surface area contributed by atoms with Crippen LogP contribution in [0.15, 0.2) is 18.3 Å². The first kappa shape index (κ1) is 14.5. The number of alkyl halides is 1. The van der Waals surface area contributed by atoms with Crippen molar-refractivity contribution < 1.29 is 4.79 Å². The minimum absolute atomic E-state index is 0.0377. The molecule has 18 heavy (non-hydrogen) atoms. The molecule has 96 valence electrons. The van der Waals surface area contributed by atoms with Gasteiger partial charge in [-0.25, -0.2) is 4.98 Å². The zero-order chi connectivity index (χ0) is 13.6. The Morgan fingerprint density at radius 1 is 1.56 bits per heavy atom. The number of nitriles is 1. The summed E-state index contributed by atoms with van der Waals surface area (Å²) in [5, 5.41) is 11.5. The normalized spacial score (nSPS) is 10.8. The van der Waals surface area contributed by atoms with E-state index < -0.39 is 0 Å². The fourth-order valence-corrected chi connectivity index (χ4v) is 1.86. The summed E-state index contributed by atoms with van der Waals surface area (Å²) in [7, 11) is 0. The van der Waals surface area contributed by atoms with Crippen LogP contribution in [0.3, 0.4) is 0 Å². The maximum Gasteiger partial charge on any atom is 0.269 e. The van der Waals surface area contributed by atoms with Crippen molar-refractivity contribution in [2.75, 3.05) is 12.4 Å². The molecule has 4 nitrogen and oxygen atoms in total. The molecule has 1 rings (SSSR count). The molecule has 1 aromatic rings. The second kappa shape index (κ2) is 6.36. The minimum Gasteiger partial charge on any atom is -0.350 e. The van der Waals surface area contributed by atoms with Gasteiger partial charge in [-0.2, -0.15) is 5.26 Å². The van der Waals surface area contributed by atoms with Crippen molar-refractivity contribution in [1.29, 1.82) is 5.26 Å². The molecule has 0 bridgehead atoms. The number of amides is 1. The summed E-state index contributed by atoms with van der Waals surface area (Å²) in [4.78, 5) is 15.7. The monoisotopic (exact) mass is 265 g/mol. The molecule has 1 heterocycles. The molecule has 0 atom stereocenters. The Morgan fingerprint density at radius 2 is 2.28 bits per heavy atom. The molecule has 0 radical (unpaired) electrons. The number of hydrogen-bond donors (Lipinski definition) is 1. The third-order valence-corrected chi connectivity index (χ3v) is 2.81. The lowest BCUT2D eigenvalue weighted by molar-refractivity contribution is 0.0931. The van der Waals surface area contributed by atoms with E-state index in [0.717, 1.165) is 6.42 Å². The van der Waals surface area contributed by atoms with Crippen molar-refractivity contribution in [2.45, 2.75) is 20.3 Å². The van der Waals surface area contributed by atoms with Gasteiger partial charge in [0, 0.05) is 18.6 Å². The van der Waals surface area contributed by atoms with Crippen LogP contribution in [0, 0.1) is 16.7 Å². The Hall–Kier alpha value is -1.60. The third kappa shape index (κ3) is 4.34. The number of halogens is 1. The molecule has 0 saturated heterocycles. The lowest BCUT2D eigenvalue weighted by Gasteiger charge is -2.23. The van der Waals surface area contributed by atoms with Crippen molar-refractivity contribution in [2.24, 2.45) is 5.41 Å². The quantitative estimate of drug-likeness (QED) is 0.831. The first-order valence-electron chi connectivity index (χ1n) is 5.69. The highest BCUT2D eigenvalue weighted by Crippen LogP contribution is 2.19. The van der Waals surface area contributed by atoms with E-state index >= 15 is 0 Å². The second-order valence-electron chi connectivity index (χ2n) is 4.83.